The lowest BCUT2D eigenvalue weighted by Gasteiger charge is -2.38. The van der Waals surface area contributed by atoms with E-state index in [0.717, 1.165) is 25.7 Å². The highest BCUT2D eigenvalue weighted by Crippen LogP contribution is 2.40. The van der Waals surface area contributed by atoms with E-state index >= 15 is 0 Å². The van der Waals surface area contributed by atoms with Crippen molar-refractivity contribution in [1.29, 1.82) is 0 Å². The summed E-state index contributed by atoms with van der Waals surface area (Å²) < 4.78 is 26.9. The Labute approximate surface area is 89.8 Å². The fourth-order valence-electron chi connectivity index (χ4n) is 2.35. The number of hydrogen-bond donors (Lipinski definition) is 2. The first-order chi connectivity index (χ1) is 6.92. The summed E-state index contributed by atoms with van der Waals surface area (Å²) in [6.45, 7) is 0.451. The van der Waals surface area contributed by atoms with E-state index in [1.54, 1.807) is 0 Å². The van der Waals surface area contributed by atoms with E-state index in [-0.39, 0.29) is 5.92 Å². The van der Waals surface area contributed by atoms with Gasteiger partial charge in [0.1, 0.15) is 5.60 Å². The maximum atomic E-state index is 13.5. The zero-order valence-electron chi connectivity index (χ0n) is 9.31. The molecule has 2 nitrogen and oxygen atoms in total. The van der Waals surface area contributed by atoms with Crippen LogP contribution in [-0.2, 0) is 0 Å². The standard InChI is InChI=1S/C11H21F2NO/c1-10(15,11(12,13)8-14)9-6-4-2-3-5-7-9/h9,15H,2-8,14H2,1H3. The lowest BCUT2D eigenvalue weighted by Crippen LogP contribution is -2.55. The van der Waals surface area contributed by atoms with Crippen LogP contribution in [0.25, 0.3) is 0 Å². The molecule has 0 saturated heterocycles. The molecule has 0 bridgehead atoms. The van der Waals surface area contributed by atoms with Gasteiger partial charge < -0.3 is 10.8 Å². The Morgan fingerprint density at radius 2 is 1.67 bits per heavy atom. The third-order valence-electron chi connectivity index (χ3n) is 3.65. The highest BCUT2D eigenvalue weighted by Gasteiger charge is 2.52. The van der Waals surface area contributed by atoms with Gasteiger partial charge in [-0.15, -0.1) is 0 Å². The van der Waals surface area contributed by atoms with E-state index < -0.39 is 18.1 Å². The van der Waals surface area contributed by atoms with Crippen molar-refractivity contribution >= 4 is 0 Å². The van der Waals surface area contributed by atoms with Crippen molar-refractivity contribution in [1.82, 2.24) is 0 Å². The SMILES string of the molecule is CC(O)(C1CCCCCC1)C(F)(F)CN. The molecule has 1 fully saturated rings. The van der Waals surface area contributed by atoms with Crippen LogP contribution >= 0.6 is 0 Å². The smallest absolute Gasteiger partial charge is 0.288 e. The molecule has 3 N–H and O–H groups in total. The number of rotatable bonds is 3. The average molecular weight is 221 g/mol. The number of halogens is 2. The van der Waals surface area contributed by atoms with Gasteiger partial charge in [-0.1, -0.05) is 25.7 Å². The molecule has 1 rings (SSSR count). The summed E-state index contributed by atoms with van der Waals surface area (Å²) in [7, 11) is 0. The normalized spacial score (nSPS) is 24.6. The Morgan fingerprint density at radius 3 is 2.07 bits per heavy atom. The van der Waals surface area contributed by atoms with E-state index in [9.17, 15) is 13.9 Å². The molecule has 1 saturated carbocycles. The summed E-state index contributed by atoms with van der Waals surface area (Å²) >= 11 is 0. The zero-order chi connectivity index (χ0) is 11.5. The Kier molecular flexibility index (Phi) is 4.06. The van der Waals surface area contributed by atoms with E-state index in [1.807, 2.05) is 0 Å². The monoisotopic (exact) mass is 221 g/mol. The van der Waals surface area contributed by atoms with E-state index in [1.165, 1.54) is 6.92 Å². The number of hydrogen-bond acceptors (Lipinski definition) is 2. The van der Waals surface area contributed by atoms with Gasteiger partial charge in [0.2, 0.25) is 0 Å². The summed E-state index contributed by atoms with van der Waals surface area (Å²) in [6.07, 6.45) is 5.40. The van der Waals surface area contributed by atoms with Gasteiger partial charge in [0, 0.05) is 0 Å². The molecule has 0 radical (unpaired) electrons. The summed E-state index contributed by atoms with van der Waals surface area (Å²) in [4.78, 5) is 0. The van der Waals surface area contributed by atoms with Crippen LogP contribution < -0.4 is 5.73 Å². The minimum Gasteiger partial charge on any atom is -0.384 e. The van der Waals surface area contributed by atoms with Gasteiger partial charge in [0.05, 0.1) is 6.54 Å². The van der Waals surface area contributed by atoms with Crippen molar-refractivity contribution in [3.8, 4) is 0 Å². The van der Waals surface area contributed by atoms with Crippen molar-refractivity contribution in [2.75, 3.05) is 6.54 Å². The Balaban J connectivity index is 2.73. The fourth-order valence-corrected chi connectivity index (χ4v) is 2.35. The van der Waals surface area contributed by atoms with Gasteiger partial charge in [-0.05, 0) is 25.7 Å². The molecule has 1 unspecified atom stereocenters. The van der Waals surface area contributed by atoms with Crippen molar-refractivity contribution in [2.24, 2.45) is 11.7 Å². The molecule has 1 aliphatic carbocycles. The van der Waals surface area contributed by atoms with Crippen LogP contribution in [0.1, 0.15) is 45.4 Å². The van der Waals surface area contributed by atoms with Crippen LogP contribution in [0, 0.1) is 5.92 Å². The van der Waals surface area contributed by atoms with E-state index in [4.69, 9.17) is 5.73 Å². The molecule has 0 aromatic heterocycles. The van der Waals surface area contributed by atoms with E-state index in [2.05, 4.69) is 0 Å². The lowest BCUT2D eigenvalue weighted by atomic mass is 9.79. The van der Waals surface area contributed by atoms with Crippen LogP contribution in [0.5, 0.6) is 0 Å². The Hall–Kier alpha value is -0.220. The molecular formula is C11H21F2NO. The third-order valence-corrected chi connectivity index (χ3v) is 3.65. The second-order valence-electron chi connectivity index (χ2n) is 4.74. The molecule has 0 aromatic carbocycles. The summed E-state index contributed by atoms with van der Waals surface area (Å²) in [5, 5.41) is 9.96. The summed E-state index contributed by atoms with van der Waals surface area (Å²) in [6, 6.07) is 0. The molecule has 0 aromatic rings. The number of alkyl halides is 2. The van der Waals surface area contributed by atoms with Crippen LogP contribution in [0.2, 0.25) is 0 Å². The zero-order valence-corrected chi connectivity index (χ0v) is 9.31. The van der Waals surface area contributed by atoms with E-state index in [0.29, 0.717) is 12.8 Å². The molecule has 0 heterocycles. The molecule has 4 heteroatoms. The van der Waals surface area contributed by atoms with Gasteiger partial charge in [0.15, 0.2) is 0 Å². The minimum atomic E-state index is -3.18. The first-order valence-corrected chi connectivity index (χ1v) is 5.72. The Bertz CT molecular complexity index is 199. The van der Waals surface area contributed by atoms with Gasteiger partial charge in [-0.25, -0.2) is 8.78 Å². The van der Waals surface area contributed by atoms with Gasteiger partial charge in [0.25, 0.3) is 5.92 Å². The predicted molar refractivity (Wildman–Crippen MR) is 55.8 cm³/mol. The second kappa shape index (κ2) is 4.74. The maximum absolute atomic E-state index is 13.5. The number of nitrogens with two attached hydrogens (primary N) is 1. The van der Waals surface area contributed by atoms with Crippen molar-refractivity contribution < 1.29 is 13.9 Å². The quantitative estimate of drug-likeness (QED) is 0.718. The largest absolute Gasteiger partial charge is 0.384 e. The molecule has 1 aliphatic rings. The van der Waals surface area contributed by atoms with Crippen LogP contribution in [0.4, 0.5) is 8.78 Å². The first kappa shape index (κ1) is 12.8. The summed E-state index contributed by atoms with van der Waals surface area (Å²) in [5.74, 6) is -3.50. The summed E-state index contributed by atoms with van der Waals surface area (Å²) in [5.41, 5.74) is 3.08. The van der Waals surface area contributed by atoms with Gasteiger partial charge in [-0.3, -0.25) is 0 Å². The van der Waals surface area contributed by atoms with Gasteiger partial charge >= 0.3 is 0 Å². The molecule has 90 valence electrons. The average Bonchev–Trinajstić information content (AvgIpc) is 2.45. The Morgan fingerprint density at radius 1 is 1.20 bits per heavy atom. The van der Waals surface area contributed by atoms with Crippen molar-refractivity contribution in [2.45, 2.75) is 57.0 Å². The van der Waals surface area contributed by atoms with Gasteiger partial charge in [-0.2, -0.15) is 0 Å². The van der Waals surface area contributed by atoms with Crippen LogP contribution in [0.15, 0.2) is 0 Å². The lowest BCUT2D eigenvalue weighted by molar-refractivity contribution is -0.194. The fraction of sp³-hybridized carbons (Fsp3) is 1.00. The minimum absolute atomic E-state index is 0.321. The highest BCUT2D eigenvalue weighted by atomic mass is 19.3. The highest BCUT2D eigenvalue weighted by molar-refractivity contribution is 4.95. The predicted octanol–water partition coefficient (Wildman–Crippen LogP) is 2.30. The molecule has 15 heavy (non-hydrogen) atoms. The van der Waals surface area contributed by atoms with Crippen LogP contribution in [-0.4, -0.2) is 23.2 Å². The van der Waals surface area contributed by atoms with Crippen molar-refractivity contribution in [3.05, 3.63) is 0 Å². The molecule has 0 spiro atoms. The maximum Gasteiger partial charge on any atom is 0.288 e. The third kappa shape index (κ3) is 2.67. The second-order valence-corrected chi connectivity index (χ2v) is 4.74. The topological polar surface area (TPSA) is 46.2 Å². The first-order valence-electron chi connectivity index (χ1n) is 5.72. The van der Waals surface area contributed by atoms with Crippen LogP contribution in [0.3, 0.4) is 0 Å². The molecular weight excluding hydrogens is 200 g/mol. The van der Waals surface area contributed by atoms with Crippen molar-refractivity contribution in [3.63, 3.8) is 0 Å². The molecule has 0 amide bonds. The molecule has 0 aliphatic heterocycles. The number of aliphatic hydroxyl groups is 1. The molecule has 1 atom stereocenters.